The minimum Gasteiger partial charge on any atom is -0.265 e. The Morgan fingerprint density at radius 2 is 2.00 bits per heavy atom. The van der Waals surface area contributed by atoms with Crippen molar-refractivity contribution in [3.8, 4) is 0 Å². The Balaban J connectivity index is 2.57. The quantitative estimate of drug-likeness (QED) is 0.437. The average molecular weight is 241 g/mol. The van der Waals surface area contributed by atoms with Crippen LogP contribution in [0.3, 0.4) is 0 Å². The van der Waals surface area contributed by atoms with E-state index < -0.39 is 10.1 Å². The molecule has 0 spiro atoms. The van der Waals surface area contributed by atoms with Crippen LogP contribution in [0, 0.1) is 0 Å². The zero-order valence-electron chi connectivity index (χ0n) is 9.17. The summed E-state index contributed by atoms with van der Waals surface area (Å²) in [7, 11) is -3.75. The van der Waals surface area contributed by atoms with Crippen molar-refractivity contribution in [1.29, 1.82) is 0 Å². The molecule has 0 saturated carbocycles. The lowest BCUT2D eigenvalue weighted by molar-refractivity contribution is 0.339. The lowest BCUT2D eigenvalue weighted by Crippen LogP contribution is -2.02. The molecule has 5 heteroatoms. The molecule has 1 rings (SSSR count). The first kappa shape index (κ1) is 12.7. The molecule has 0 saturated heterocycles. The van der Waals surface area contributed by atoms with E-state index in [1.54, 1.807) is 18.2 Å². The van der Waals surface area contributed by atoms with Gasteiger partial charge in [-0.1, -0.05) is 36.7 Å². The van der Waals surface area contributed by atoms with Crippen LogP contribution in [0.4, 0.5) is 0 Å². The highest BCUT2D eigenvalue weighted by Crippen LogP contribution is 2.11. The van der Waals surface area contributed by atoms with Crippen molar-refractivity contribution < 1.29 is 12.7 Å². The summed E-state index contributed by atoms with van der Waals surface area (Å²) >= 11 is 0. The van der Waals surface area contributed by atoms with Gasteiger partial charge in [-0.2, -0.15) is 8.42 Å². The van der Waals surface area contributed by atoms with Gasteiger partial charge in [0.25, 0.3) is 0 Å². The second kappa shape index (κ2) is 6.27. The zero-order valence-corrected chi connectivity index (χ0v) is 9.98. The van der Waals surface area contributed by atoms with Crippen molar-refractivity contribution in [2.75, 3.05) is 0 Å². The van der Waals surface area contributed by atoms with Crippen molar-refractivity contribution in [3.05, 3.63) is 30.3 Å². The van der Waals surface area contributed by atoms with Crippen molar-refractivity contribution in [1.82, 2.24) is 0 Å². The van der Waals surface area contributed by atoms with Crippen LogP contribution < -0.4 is 0 Å². The number of rotatable bonds is 6. The third kappa shape index (κ3) is 4.02. The van der Waals surface area contributed by atoms with E-state index in [4.69, 9.17) is 0 Å². The molecule has 0 radical (unpaired) electrons. The number of unbranched alkanes of at least 4 members (excludes halogenated alkanes) is 2. The van der Waals surface area contributed by atoms with Gasteiger partial charge in [0.1, 0.15) is 4.90 Å². The van der Waals surface area contributed by atoms with Gasteiger partial charge in [-0.25, -0.2) is 0 Å². The van der Waals surface area contributed by atoms with Gasteiger partial charge in [0.15, 0.2) is 0 Å². The Bertz CT molecular complexity index is 426. The Labute approximate surface area is 96.1 Å². The summed E-state index contributed by atoms with van der Waals surface area (Å²) in [5.41, 5.74) is 0. The normalized spacial score (nSPS) is 11.8. The van der Waals surface area contributed by atoms with E-state index in [1.807, 2.05) is 0 Å². The van der Waals surface area contributed by atoms with Crippen LogP contribution in [0.2, 0.25) is 0 Å². The van der Waals surface area contributed by atoms with Crippen LogP contribution in [0.1, 0.15) is 26.2 Å². The number of benzene rings is 1. The second-order valence-corrected chi connectivity index (χ2v) is 4.80. The molecule has 0 bridgehead atoms. The molecule has 0 unspecified atom stereocenters. The van der Waals surface area contributed by atoms with E-state index in [-0.39, 0.29) is 4.90 Å². The maximum absolute atomic E-state index is 11.5. The first-order valence-electron chi connectivity index (χ1n) is 5.17. The Hall–Kier alpha value is -1.36. The molecule has 88 valence electrons. The molecule has 0 fully saturated rings. The summed E-state index contributed by atoms with van der Waals surface area (Å²) in [5, 5.41) is 3.44. The first-order valence-corrected chi connectivity index (χ1v) is 6.58. The SMILES string of the molecule is CCCCC=NOS(=O)(=O)c1ccccc1. The van der Waals surface area contributed by atoms with Crippen LogP contribution in [-0.2, 0) is 14.4 Å². The predicted molar refractivity (Wildman–Crippen MR) is 62.7 cm³/mol. The minimum atomic E-state index is -3.75. The van der Waals surface area contributed by atoms with Gasteiger partial charge in [-0.15, -0.1) is 0 Å². The Kier molecular flexibility index (Phi) is 4.98. The highest BCUT2D eigenvalue weighted by molar-refractivity contribution is 7.86. The van der Waals surface area contributed by atoms with Gasteiger partial charge in [0.05, 0.1) is 0 Å². The van der Waals surface area contributed by atoms with Crippen LogP contribution >= 0.6 is 0 Å². The highest BCUT2D eigenvalue weighted by Gasteiger charge is 2.13. The largest absolute Gasteiger partial charge is 0.358 e. The third-order valence-electron chi connectivity index (χ3n) is 1.93. The molecule has 16 heavy (non-hydrogen) atoms. The standard InChI is InChI=1S/C11H15NO3S/c1-2-3-7-10-12-15-16(13,14)11-8-5-4-6-9-11/h4-6,8-10H,2-3,7H2,1H3. The number of oxime groups is 1. The summed E-state index contributed by atoms with van der Waals surface area (Å²) in [5.74, 6) is 0. The van der Waals surface area contributed by atoms with Crippen LogP contribution in [0.25, 0.3) is 0 Å². The Morgan fingerprint density at radius 1 is 1.31 bits per heavy atom. The fourth-order valence-corrected chi connectivity index (χ4v) is 1.82. The summed E-state index contributed by atoms with van der Waals surface area (Å²) in [6.45, 7) is 2.05. The molecule has 0 N–H and O–H groups in total. The van der Waals surface area contributed by atoms with Crippen molar-refractivity contribution >= 4 is 16.3 Å². The molecule has 1 aromatic rings. The van der Waals surface area contributed by atoms with E-state index in [0.29, 0.717) is 0 Å². The van der Waals surface area contributed by atoms with Gasteiger partial charge in [-0.3, -0.25) is 4.28 Å². The van der Waals surface area contributed by atoms with E-state index >= 15 is 0 Å². The van der Waals surface area contributed by atoms with E-state index in [0.717, 1.165) is 19.3 Å². The van der Waals surface area contributed by atoms with Gasteiger partial charge in [-0.05, 0) is 25.0 Å². The minimum absolute atomic E-state index is 0.114. The third-order valence-corrected chi connectivity index (χ3v) is 3.07. The smallest absolute Gasteiger partial charge is 0.265 e. The number of hydrogen-bond acceptors (Lipinski definition) is 4. The molecule has 0 aromatic heterocycles. The molecule has 0 aliphatic heterocycles. The van der Waals surface area contributed by atoms with Crippen LogP contribution in [0.15, 0.2) is 40.4 Å². The monoisotopic (exact) mass is 241 g/mol. The number of nitrogens with zero attached hydrogens (tertiary/aromatic N) is 1. The van der Waals surface area contributed by atoms with Gasteiger partial charge in [0.2, 0.25) is 0 Å². The van der Waals surface area contributed by atoms with Crippen molar-refractivity contribution in [2.24, 2.45) is 5.16 Å². The molecular formula is C11H15NO3S. The topological polar surface area (TPSA) is 55.7 Å². The second-order valence-electron chi connectivity index (χ2n) is 3.27. The summed E-state index contributed by atoms with van der Waals surface area (Å²) in [4.78, 5) is 0.114. The van der Waals surface area contributed by atoms with Crippen LogP contribution in [0.5, 0.6) is 0 Å². The predicted octanol–water partition coefficient (Wildman–Crippen LogP) is 2.57. The molecular weight excluding hydrogens is 226 g/mol. The zero-order chi connectivity index (χ0) is 11.9. The summed E-state index contributed by atoms with van der Waals surface area (Å²) < 4.78 is 27.6. The average Bonchev–Trinajstić information content (AvgIpc) is 2.30. The lowest BCUT2D eigenvalue weighted by atomic mass is 10.3. The first-order chi connectivity index (χ1) is 7.67. The highest BCUT2D eigenvalue weighted by atomic mass is 32.2. The van der Waals surface area contributed by atoms with Gasteiger partial charge < -0.3 is 0 Å². The lowest BCUT2D eigenvalue weighted by Gasteiger charge is -1.99. The van der Waals surface area contributed by atoms with E-state index in [9.17, 15) is 8.42 Å². The molecule has 0 aliphatic carbocycles. The van der Waals surface area contributed by atoms with Crippen LogP contribution in [-0.4, -0.2) is 14.6 Å². The molecule has 0 heterocycles. The maximum atomic E-state index is 11.5. The summed E-state index contributed by atoms with van der Waals surface area (Å²) in [6, 6.07) is 7.95. The van der Waals surface area contributed by atoms with Gasteiger partial charge >= 0.3 is 10.1 Å². The molecule has 0 aliphatic rings. The molecule has 1 aromatic carbocycles. The van der Waals surface area contributed by atoms with Crippen molar-refractivity contribution in [2.45, 2.75) is 31.1 Å². The van der Waals surface area contributed by atoms with E-state index in [1.165, 1.54) is 18.3 Å². The summed E-state index contributed by atoms with van der Waals surface area (Å²) in [6.07, 6.45) is 4.21. The molecule has 0 amide bonds. The number of hydrogen-bond donors (Lipinski definition) is 0. The Morgan fingerprint density at radius 3 is 2.62 bits per heavy atom. The fourth-order valence-electron chi connectivity index (χ4n) is 1.07. The molecule has 0 atom stereocenters. The van der Waals surface area contributed by atoms with E-state index in [2.05, 4.69) is 16.4 Å². The molecule has 4 nitrogen and oxygen atoms in total. The fraction of sp³-hybridized carbons (Fsp3) is 0.364. The van der Waals surface area contributed by atoms with Gasteiger partial charge in [0, 0.05) is 6.21 Å². The maximum Gasteiger partial charge on any atom is 0.358 e. The van der Waals surface area contributed by atoms with Crippen molar-refractivity contribution in [3.63, 3.8) is 0 Å².